The van der Waals surface area contributed by atoms with Gasteiger partial charge in [-0.25, -0.2) is 4.98 Å². The van der Waals surface area contributed by atoms with E-state index in [0.29, 0.717) is 0 Å². The second-order valence-corrected chi connectivity index (χ2v) is 7.42. The molecule has 0 bridgehead atoms. The van der Waals surface area contributed by atoms with Crippen molar-refractivity contribution < 1.29 is 4.74 Å². The molecule has 0 fully saturated rings. The molecule has 0 amide bonds. The number of aromatic nitrogens is 2. The van der Waals surface area contributed by atoms with Crippen LogP contribution in [0.25, 0.3) is 22.2 Å². The number of benzene rings is 2. The van der Waals surface area contributed by atoms with Gasteiger partial charge in [-0.3, -0.25) is 0 Å². The van der Waals surface area contributed by atoms with Crippen molar-refractivity contribution in [3.8, 4) is 16.9 Å². The number of methoxy groups -OCH3 is 1. The average Bonchev–Trinajstić information content (AvgIpc) is 3.04. The van der Waals surface area contributed by atoms with Crippen LogP contribution in [0.5, 0.6) is 5.75 Å². The van der Waals surface area contributed by atoms with Gasteiger partial charge in [0.05, 0.1) is 18.2 Å². The van der Waals surface area contributed by atoms with Crippen LogP contribution in [-0.4, -0.2) is 16.7 Å². The second kappa shape index (κ2) is 7.55. The Labute approximate surface area is 167 Å². The number of hydrogen-bond acceptors (Lipinski definition) is 4. The van der Waals surface area contributed by atoms with E-state index in [1.807, 2.05) is 66.3 Å². The number of nitrogens with zero attached hydrogens (tertiary/aromatic N) is 2. The molecule has 1 N–H and O–H groups in total. The van der Waals surface area contributed by atoms with Crippen molar-refractivity contribution >= 4 is 40.3 Å². The largest absolute Gasteiger partial charge is 0.497 e. The lowest BCUT2D eigenvalue weighted by atomic mass is 10.0. The third kappa shape index (κ3) is 3.61. The summed E-state index contributed by atoms with van der Waals surface area (Å²) in [5, 5.41) is 1.79. The third-order valence-corrected chi connectivity index (χ3v) is 5.36. The Morgan fingerprint density at radius 2 is 1.96 bits per heavy atom. The Kier molecular flexibility index (Phi) is 4.97. The minimum atomic E-state index is 0.721. The zero-order valence-electron chi connectivity index (χ0n) is 14.9. The number of hydrogen-bond donors (Lipinski definition) is 1. The van der Waals surface area contributed by atoms with Gasteiger partial charge in [-0.1, -0.05) is 29.8 Å². The fourth-order valence-electron chi connectivity index (χ4n) is 3.04. The van der Waals surface area contributed by atoms with Crippen LogP contribution in [0.4, 0.5) is 5.69 Å². The van der Waals surface area contributed by atoms with Gasteiger partial charge < -0.3 is 14.0 Å². The molecular formula is C21H18ClN3OS. The summed E-state index contributed by atoms with van der Waals surface area (Å²) in [4.78, 5) is 5.61. The number of anilines is 1. The number of aryl methyl sites for hydroxylation is 1. The number of halogens is 1. The molecule has 0 aliphatic heterocycles. The zero-order valence-corrected chi connectivity index (χ0v) is 16.5. The molecule has 4 nitrogen and oxygen atoms in total. The summed E-state index contributed by atoms with van der Waals surface area (Å²) in [6, 6.07) is 17.8. The monoisotopic (exact) mass is 395 g/mol. The predicted molar refractivity (Wildman–Crippen MR) is 114 cm³/mol. The quantitative estimate of drug-likeness (QED) is 0.419. The molecule has 0 aliphatic carbocycles. The van der Waals surface area contributed by atoms with Crippen molar-refractivity contribution in [1.29, 1.82) is 0 Å². The Hall–Kier alpha value is -2.63. The van der Waals surface area contributed by atoms with Gasteiger partial charge in [0.15, 0.2) is 0 Å². The van der Waals surface area contributed by atoms with Crippen LogP contribution >= 0.6 is 23.5 Å². The van der Waals surface area contributed by atoms with Crippen LogP contribution < -0.4 is 9.46 Å². The first-order chi connectivity index (χ1) is 13.2. The predicted octanol–water partition coefficient (Wildman–Crippen LogP) is 6.02. The molecule has 136 valence electrons. The molecule has 2 aromatic heterocycles. The number of nitrogens with one attached hydrogen (secondary N) is 1. The maximum Gasteiger partial charge on any atom is 0.142 e. The second-order valence-electron chi connectivity index (χ2n) is 6.10. The highest BCUT2D eigenvalue weighted by molar-refractivity contribution is 8.00. The SMILES string of the molecule is COc1cccc(-c2cn(C)c3nccc(NSc4cccc(Cl)c4)c23)c1. The lowest BCUT2D eigenvalue weighted by Crippen LogP contribution is -1.92. The highest BCUT2D eigenvalue weighted by atomic mass is 35.5. The first-order valence-corrected chi connectivity index (χ1v) is 9.62. The fourth-order valence-corrected chi connectivity index (χ4v) is 4.03. The summed E-state index contributed by atoms with van der Waals surface area (Å²) < 4.78 is 10.9. The van der Waals surface area contributed by atoms with Gasteiger partial charge in [0.2, 0.25) is 0 Å². The molecule has 2 heterocycles. The molecular weight excluding hydrogens is 378 g/mol. The van der Waals surface area contributed by atoms with Crippen LogP contribution in [0.3, 0.4) is 0 Å². The van der Waals surface area contributed by atoms with Gasteiger partial charge in [-0.2, -0.15) is 0 Å². The number of fused-ring (bicyclic) bond motifs is 1. The standard InChI is InChI=1S/C21H18ClN3OS/c1-25-13-18(14-5-3-7-16(11-14)26-2)20-19(9-10-23-21(20)25)24-27-17-8-4-6-15(22)12-17/h3-13H,1-2H3,(H,23,24). The first kappa shape index (κ1) is 17.8. The van der Waals surface area contributed by atoms with Gasteiger partial charge in [-0.05, 0) is 53.9 Å². The molecule has 0 aliphatic rings. The Morgan fingerprint density at radius 1 is 1.11 bits per heavy atom. The minimum Gasteiger partial charge on any atom is -0.497 e. The van der Waals surface area contributed by atoms with Gasteiger partial charge in [0.1, 0.15) is 11.4 Å². The van der Waals surface area contributed by atoms with E-state index in [1.54, 1.807) is 7.11 Å². The molecule has 0 saturated carbocycles. The minimum absolute atomic E-state index is 0.721. The van der Waals surface area contributed by atoms with E-state index >= 15 is 0 Å². The fraction of sp³-hybridized carbons (Fsp3) is 0.0952. The highest BCUT2D eigenvalue weighted by Crippen LogP contribution is 2.37. The summed E-state index contributed by atoms with van der Waals surface area (Å²) in [6.07, 6.45) is 3.92. The summed E-state index contributed by atoms with van der Waals surface area (Å²) in [7, 11) is 3.69. The summed E-state index contributed by atoms with van der Waals surface area (Å²) in [6.45, 7) is 0. The molecule has 4 rings (SSSR count). The summed E-state index contributed by atoms with van der Waals surface area (Å²) in [5.74, 6) is 0.830. The van der Waals surface area contributed by atoms with E-state index in [4.69, 9.17) is 16.3 Å². The molecule has 2 aromatic carbocycles. The Bertz CT molecular complexity index is 1110. The van der Waals surface area contributed by atoms with Gasteiger partial charge >= 0.3 is 0 Å². The van der Waals surface area contributed by atoms with E-state index in [1.165, 1.54) is 11.9 Å². The molecule has 0 saturated heterocycles. The van der Waals surface area contributed by atoms with Crippen molar-refractivity contribution in [2.45, 2.75) is 4.90 Å². The maximum atomic E-state index is 6.09. The molecule has 0 spiro atoms. The van der Waals surface area contributed by atoms with Crippen molar-refractivity contribution in [2.24, 2.45) is 7.05 Å². The van der Waals surface area contributed by atoms with E-state index < -0.39 is 0 Å². The van der Waals surface area contributed by atoms with Crippen molar-refractivity contribution in [2.75, 3.05) is 11.8 Å². The summed E-state index contributed by atoms with van der Waals surface area (Å²) >= 11 is 7.62. The molecule has 27 heavy (non-hydrogen) atoms. The van der Waals surface area contributed by atoms with Crippen molar-refractivity contribution in [3.05, 3.63) is 72.0 Å². The van der Waals surface area contributed by atoms with Crippen LogP contribution in [0.2, 0.25) is 5.02 Å². The average molecular weight is 396 g/mol. The first-order valence-electron chi connectivity index (χ1n) is 8.42. The van der Waals surface area contributed by atoms with Gasteiger partial charge in [0, 0.05) is 34.9 Å². The molecule has 0 unspecified atom stereocenters. The number of rotatable bonds is 5. The Morgan fingerprint density at radius 3 is 2.78 bits per heavy atom. The molecule has 0 radical (unpaired) electrons. The zero-order chi connectivity index (χ0) is 18.8. The van der Waals surface area contributed by atoms with Gasteiger partial charge in [0.25, 0.3) is 0 Å². The van der Waals surface area contributed by atoms with Crippen LogP contribution in [0.1, 0.15) is 0 Å². The van der Waals surface area contributed by atoms with Crippen molar-refractivity contribution in [3.63, 3.8) is 0 Å². The Balaban J connectivity index is 1.77. The third-order valence-electron chi connectivity index (χ3n) is 4.31. The smallest absolute Gasteiger partial charge is 0.142 e. The van der Waals surface area contributed by atoms with E-state index in [9.17, 15) is 0 Å². The van der Waals surface area contributed by atoms with Crippen LogP contribution in [0, 0.1) is 0 Å². The summed E-state index contributed by atoms with van der Waals surface area (Å²) in [5.41, 5.74) is 4.12. The number of pyridine rings is 1. The molecule has 0 atom stereocenters. The highest BCUT2D eigenvalue weighted by Gasteiger charge is 2.14. The molecule has 6 heteroatoms. The van der Waals surface area contributed by atoms with Crippen molar-refractivity contribution in [1.82, 2.24) is 9.55 Å². The maximum absolute atomic E-state index is 6.09. The lowest BCUT2D eigenvalue weighted by molar-refractivity contribution is 0.415. The van der Waals surface area contributed by atoms with Crippen LogP contribution in [0.15, 0.2) is 71.9 Å². The normalized spacial score (nSPS) is 10.9. The topological polar surface area (TPSA) is 39.1 Å². The van der Waals surface area contributed by atoms with E-state index in [0.717, 1.165) is 43.5 Å². The lowest BCUT2D eigenvalue weighted by Gasteiger charge is -2.09. The van der Waals surface area contributed by atoms with Gasteiger partial charge in [-0.15, -0.1) is 0 Å². The van der Waals surface area contributed by atoms with E-state index in [-0.39, 0.29) is 0 Å². The molecule has 4 aromatic rings. The number of ether oxygens (including phenoxy) is 1. The van der Waals surface area contributed by atoms with Crippen LogP contribution in [-0.2, 0) is 7.05 Å². The van der Waals surface area contributed by atoms with E-state index in [2.05, 4.69) is 22.0 Å².